The number of carboxylic acids is 1. The Morgan fingerprint density at radius 2 is 1.86 bits per heavy atom. The van der Waals surface area contributed by atoms with Gasteiger partial charge in [-0.1, -0.05) is 18.2 Å². The molecule has 2 aliphatic heterocycles. The van der Waals surface area contributed by atoms with E-state index in [4.69, 9.17) is 0 Å². The number of amides is 1. The summed E-state index contributed by atoms with van der Waals surface area (Å²) in [4.78, 5) is 27.7. The number of aliphatic carboxylic acids is 1. The number of rotatable bonds is 3. The lowest BCUT2D eigenvalue weighted by Gasteiger charge is -2.34. The number of nitrogens with zero attached hydrogens (tertiary/aromatic N) is 2. The summed E-state index contributed by atoms with van der Waals surface area (Å²) >= 11 is 0. The monoisotopic (exact) mass is 324 g/mol. The first-order chi connectivity index (χ1) is 10.2. The van der Waals surface area contributed by atoms with Crippen LogP contribution in [-0.2, 0) is 9.59 Å². The Kier molecular flexibility index (Phi) is 5.42. The summed E-state index contributed by atoms with van der Waals surface area (Å²) in [5.74, 6) is -0.977. The highest BCUT2D eigenvalue weighted by molar-refractivity contribution is 5.99. The second-order valence-corrected chi connectivity index (χ2v) is 5.80. The summed E-state index contributed by atoms with van der Waals surface area (Å²) in [6.45, 7) is 2.03. The molecule has 120 valence electrons. The van der Waals surface area contributed by atoms with Crippen molar-refractivity contribution in [3.8, 4) is 0 Å². The summed E-state index contributed by atoms with van der Waals surface area (Å²) in [6, 6.07) is 9.51. The minimum Gasteiger partial charge on any atom is -0.481 e. The standard InChI is InChI=1S/C16H20N2O3.ClH/c19-15-14(17-9-4-5-12(11-17)16(20)21)8-10-18(15)13-6-2-1-3-7-13;/h1-3,6-7,12,14H,4-5,8-11H2,(H,20,21);1H. The molecule has 2 saturated heterocycles. The maximum Gasteiger partial charge on any atom is 0.307 e. The molecule has 1 amide bonds. The summed E-state index contributed by atoms with van der Waals surface area (Å²) in [7, 11) is 0. The van der Waals surface area contributed by atoms with Crippen molar-refractivity contribution < 1.29 is 14.7 Å². The van der Waals surface area contributed by atoms with Crippen LogP contribution >= 0.6 is 12.4 Å². The van der Waals surface area contributed by atoms with Crippen molar-refractivity contribution in [2.24, 2.45) is 5.92 Å². The number of carbonyl (C=O) groups excluding carboxylic acids is 1. The normalized spacial score (nSPS) is 25.8. The molecule has 2 atom stereocenters. The third kappa shape index (κ3) is 3.25. The molecule has 2 aliphatic rings. The second kappa shape index (κ2) is 7.11. The van der Waals surface area contributed by atoms with Gasteiger partial charge in [0.2, 0.25) is 5.91 Å². The van der Waals surface area contributed by atoms with Gasteiger partial charge in [-0.05, 0) is 37.9 Å². The van der Waals surface area contributed by atoms with Gasteiger partial charge in [0.05, 0.1) is 12.0 Å². The van der Waals surface area contributed by atoms with E-state index in [1.807, 2.05) is 35.2 Å². The number of hydrogen-bond donors (Lipinski definition) is 1. The van der Waals surface area contributed by atoms with Crippen LogP contribution in [0.4, 0.5) is 5.69 Å². The number of carboxylic acid groups (broad SMARTS) is 1. The van der Waals surface area contributed by atoms with Gasteiger partial charge in [-0.15, -0.1) is 12.4 Å². The molecule has 0 bridgehead atoms. The Morgan fingerprint density at radius 3 is 2.55 bits per heavy atom. The van der Waals surface area contributed by atoms with Gasteiger partial charge in [-0.25, -0.2) is 0 Å². The van der Waals surface area contributed by atoms with E-state index in [1.165, 1.54) is 0 Å². The number of carbonyl (C=O) groups is 2. The number of hydrogen-bond acceptors (Lipinski definition) is 3. The van der Waals surface area contributed by atoms with Crippen molar-refractivity contribution in [3.05, 3.63) is 30.3 Å². The quantitative estimate of drug-likeness (QED) is 0.924. The topological polar surface area (TPSA) is 60.9 Å². The van der Waals surface area contributed by atoms with Crippen LogP contribution in [0, 0.1) is 5.92 Å². The summed E-state index contributed by atoms with van der Waals surface area (Å²) in [6.07, 6.45) is 2.35. The van der Waals surface area contributed by atoms with E-state index in [2.05, 4.69) is 4.90 Å². The summed E-state index contributed by atoms with van der Waals surface area (Å²) in [5.41, 5.74) is 0.928. The predicted molar refractivity (Wildman–Crippen MR) is 86.4 cm³/mol. The Balaban J connectivity index is 0.00000176. The maximum atomic E-state index is 12.6. The number of anilines is 1. The molecular weight excluding hydrogens is 304 g/mol. The van der Waals surface area contributed by atoms with Gasteiger partial charge in [-0.3, -0.25) is 14.5 Å². The molecule has 2 fully saturated rings. The molecule has 3 rings (SSSR count). The van der Waals surface area contributed by atoms with Crippen LogP contribution in [0.1, 0.15) is 19.3 Å². The highest BCUT2D eigenvalue weighted by atomic mass is 35.5. The lowest BCUT2D eigenvalue weighted by Crippen LogP contribution is -2.48. The molecule has 0 radical (unpaired) electrons. The van der Waals surface area contributed by atoms with E-state index >= 15 is 0 Å². The van der Waals surface area contributed by atoms with Crippen molar-refractivity contribution in [2.45, 2.75) is 25.3 Å². The van der Waals surface area contributed by atoms with E-state index < -0.39 is 5.97 Å². The van der Waals surface area contributed by atoms with Crippen molar-refractivity contribution in [1.82, 2.24) is 4.90 Å². The highest BCUT2D eigenvalue weighted by Gasteiger charge is 2.39. The van der Waals surface area contributed by atoms with Gasteiger partial charge in [0.15, 0.2) is 0 Å². The van der Waals surface area contributed by atoms with Gasteiger partial charge in [-0.2, -0.15) is 0 Å². The van der Waals surface area contributed by atoms with Crippen molar-refractivity contribution in [2.75, 3.05) is 24.5 Å². The maximum absolute atomic E-state index is 12.6. The number of likely N-dealkylation sites (tertiary alicyclic amines) is 1. The van der Waals surface area contributed by atoms with Crippen molar-refractivity contribution in [1.29, 1.82) is 0 Å². The Labute approximate surface area is 136 Å². The molecule has 1 aromatic carbocycles. The summed E-state index contributed by atoms with van der Waals surface area (Å²) < 4.78 is 0. The van der Waals surface area contributed by atoms with Crippen LogP contribution in [0.15, 0.2) is 30.3 Å². The molecule has 2 heterocycles. The van der Waals surface area contributed by atoms with E-state index in [0.29, 0.717) is 13.1 Å². The van der Waals surface area contributed by atoms with E-state index in [9.17, 15) is 14.7 Å². The average Bonchev–Trinajstić information content (AvgIpc) is 2.90. The molecule has 1 N–H and O–H groups in total. The number of benzene rings is 1. The van der Waals surface area contributed by atoms with Gasteiger partial charge < -0.3 is 10.0 Å². The molecule has 5 nitrogen and oxygen atoms in total. The molecule has 0 aliphatic carbocycles. The van der Waals surface area contributed by atoms with E-state index in [0.717, 1.165) is 31.5 Å². The largest absolute Gasteiger partial charge is 0.481 e. The SMILES string of the molecule is Cl.O=C(O)C1CCCN(C2CCN(c3ccccc3)C2=O)C1. The van der Waals surface area contributed by atoms with Gasteiger partial charge in [0.1, 0.15) is 0 Å². The average molecular weight is 325 g/mol. The number of para-hydroxylation sites is 1. The zero-order valence-electron chi connectivity index (χ0n) is 12.4. The van der Waals surface area contributed by atoms with Crippen LogP contribution in [0.5, 0.6) is 0 Å². The van der Waals surface area contributed by atoms with Gasteiger partial charge >= 0.3 is 5.97 Å². The van der Waals surface area contributed by atoms with Gasteiger partial charge in [0.25, 0.3) is 0 Å². The van der Waals surface area contributed by atoms with E-state index in [-0.39, 0.29) is 30.3 Å². The smallest absolute Gasteiger partial charge is 0.307 e. The molecule has 22 heavy (non-hydrogen) atoms. The van der Waals surface area contributed by atoms with Gasteiger partial charge in [0, 0.05) is 18.8 Å². The van der Waals surface area contributed by atoms with Crippen LogP contribution in [-0.4, -0.2) is 47.6 Å². The minimum absolute atomic E-state index is 0. The lowest BCUT2D eigenvalue weighted by molar-refractivity contribution is -0.144. The zero-order valence-corrected chi connectivity index (χ0v) is 13.2. The minimum atomic E-state index is -0.745. The predicted octanol–water partition coefficient (Wildman–Crippen LogP) is 2.01. The zero-order chi connectivity index (χ0) is 14.8. The second-order valence-electron chi connectivity index (χ2n) is 5.80. The molecule has 1 aromatic rings. The third-order valence-corrected chi connectivity index (χ3v) is 4.49. The lowest BCUT2D eigenvalue weighted by atomic mass is 9.96. The molecule has 2 unspecified atom stereocenters. The van der Waals surface area contributed by atoms with Crippen LogP contribution in [0.25, 0.3) is 0 Å². The molecule has 0 spiro atoms. The van der Waals surface area contributed by atoms with Crippen LogP contribution in [0.2, 0.25) is 0 Å². The number of halogens is 1. The fourth-order valence-corrected chi connectivity index (χ4v) is 3.36. The Bertz CT molecular complexity index is 537. The van der Waals surface area contributed by atoms with Crippen LogP contribution < -0.4 is 4.90 Å². The molecule has 6 heteroatoms. The Hall–Kier alpha value is -1.59. The highest BCUT2D eigenvalue weighted by Crippen LogP contribution is 2.27. The third-order valence-electron chi connectivity index (χ3n) is 4.49. The van der Waals surface area contributed by atoms with Crippen molar-refractivity contribution in [3.63, 3.8) is 0 Å². The Morgan fingerprint density at radius 1 is 1.14 bits per heavy atom. The fourth-order valence-electron chi connectivity index (χ4n) is 3.36. The first-order valence-electron chi connectivity index (χ1n) is 7.50. The van der Waals surface area contributed by atoms with E-state index in [1.54, 1.807) is 0 Å². The molecule has 0 saturated carbocycles. The fraction of sp³-hybridized carbons (Fsp3) is 0.500. The first-order valence-corrected chi connectivity index (χ1v) is 7.50. The first kappa shape index (κ1) is 16.8. The number of piperidine rings is 1. The molecule has 0 aromatic heterocycles. The van der Waals surface area contributed by atoms with Crippen molar-refractivity contribution >= 4 is 30.0 Å². The summed E-state index contributed by atoms with van der Waals surface area (Å²) in [5, 5.41) is 9.17. The van der Waals surface area contributed by atoms with Crippen LogP contribution in [0.3, 0.4) is 0 Å². The molecular formula is C16H21ClN2O3.